The highest BCUT2D eigenvalue weighted by Gasteiger charge is 2.38. The molecule has 4 heterocycles. The first kappa shape index (κ1) is 31.2. The fourth-order valence-corrected chi connectivity index (χ4v) is 9.93. The average Bonchev–Trinajstić information content (AvgIpc) is 3.59. The molecule has 0 aliphatic carbocycles. The molecule has 3 aromatic rings. The van der Waals surface area contributed by atoms with Crippen LogP contribution in [-0.4, -0.2) is 78.7 Å². The number of hydrogen-bond donors (Lipinski definition) is 0. The zero-order valence-electron chi connectivity index (χ0n) is 26.1. The van der Waals surface area contributed by atoms with Crippen molar-refractivity contribution >= 4 is 26.7 Å². The summed E-state index contributed by atoms with van der Waals surface area (Å²) < 4.78 is 29.6. The highest BCUT2D eigenvalue weighted by Crippen LogP contribution is 2.40. The van der Waals surface area contributed by atoms with E-state index in [1.807, 2.05) is 48.8 Å². The van der Waals surface area contributed by atoms with Crippen molar-refractivity contribution in [1.29, 1.82) is 0 Å². The van der Waals surface area contributed by atoms with Crippen LogP contribution in [0.25, 0.3) is 10.8 Å². The van der Waals surface area contributed by atoms with E-state index >= 15 is 0 Å². The van der Waals surface area contributed by atoms with Gasteiger partial charge in [-0.25, -0.2) is 8.42 Å². The van der Waals surface area contributed by atoms with Gasteiger partial charge in [-0.15, -0.1) is 0 Å². The first-order chi connectivity index (χ1) is 21.5. The van der Waals surface area contributed by atoms with Crippen LogP contribution in [0.3, 0.4) is 0 Å². The molecule has 2 aromatic carbocycles. The molecule has 0 radical (unpaired) electrons. The third-order valence-corrected chi connectivity index (χ3v) is 12.5. The van der Waals surface area contributed by atoms with Crippen LogP contribution in [0.2, 0.25) is 0 Å². The molecule has 6 rings (SSSR count). The quantitative estimate of drug-likeness (QED) is 0.250. The van der Waals surface area contributed by atoms with Crippen molar-refractivity contribution in [3.63, 3.8) is 0 Å². The highest BCUT2D eigenvalue weighted by molar-refractivity contribution is 7.89. The maximum Gasteiger partial charge on any atom is 0.243 e. The lowest BCUT2D eigenvalue weighted by atomic mass is 9.70. The van der Waals surface area contributed by atoms with Crippen LogP contribution in [0, 0.1) is 0 Å². The van der Waals surface area contributed by atoms with Crippen molar-refractivity contribution in [2.24, 2.45) is 0 Å². The number of benzene rings is 2. The normalized spacial score (nSPS) is 21.5. The molecule has 44 heavy (non-hydrogen) atoms. The topological polar surface area (TPSA) is 73.8 Å². The van der Waals surface area contributed by atoms with Gasteiger partial charge in [0.1, 0.15) is 0 Å². The van der Waals surface area contributed by atoms with E-state index in [1.54, 1.807) is 10.4 Å². The van der Waals surface area contributed by atoms with E-state index in [1.165, 1.54) is 44.5 Å². The van der Waals surface area contributed by atoms with Gasteiger partial charge in [-0.1, -0.05) is 42.8 Å². The van der Waals surface area contributed by atoms with Crippen LogP contribution < -0.4 is 0 Å². The molecule has 1 amide bonds. The summed E-state index contributed by atoms with van der Waals surface area (Å²) in [6.45, 7) is 5.76. The molecule has 3 aliphatic heterocycles. The third kappa shape index (κ3) is 6.87. The van der Waals surface area contributed by atoms with Crippen LogP contribution in [-0.2, 0) is 20.2 Å². The second-order valence-corrected chi connectivity index (χ2v) is 15.0. The Kier molecular flexibility index (Phi) is 9.99. The van der Waals surface area contributed by atoms with Crippen molar-refractivity contribution in [2.45, 2.75) is 93.4 Å². The Morgan fingerprint density at radius 2 is 1.57 bits per heavy atom. The molecular formula is C36H48N4O3S. The van der Waals surface area contributed by atoms with Crippen LogP contribution in [0.5, 0.6) is 0 Å². The van der Waals surface area contributed by atoms with Gasteiger partial charge in [0.25, 0.3) is 0 Å². The Hall–Kier alpha value is -2.81. The Labute approximate surface area is 263 Å². The largest absolute Gasteiger partial charge is 0.343 e. The van der Waals surface area contributed by atoms with Crippen LogP contribution in [0.4, 0.5) is 0 Å². The van der Waals surface area contributed by atoms with Gasteiger partial charge >= 0.3 is 0 Å². The molecule has 0 saturated carbocycles. The number of aromatic nitrogens is 1. The molecule has 3 fully saturated rings. The number of piperidine rings is 2. The van der Waals surface area contributed by atoms with Gasteiger partial charge in [-0.3, -0.25) is 9.78 Å². The first-order valence-electron chi connectivity index (χ1n) is 16.9. The summed E-state index contributed by atoms with van der Waals surface area (Å²) in [4.78, 5) is 22.7. The fraction of sp³-hybridized carbons (Fsp3) is 0.556. The maximum absolute atomic E-state index is 13.9. The third-order valence-electron chi connectivity index (χ3n) is 10.5. The van der Waals surface area contributed by atoms with Gasteiger partial charge in [-0.05, 0) is 118 Å². The van der Waals surface area contributed by atoms with Gasteiger partial charge in [0.15, 0.2) is 0 Å². The number of pyridine rings is 1. The number of sulfonamides is 1. The highest BCUT2D eigenvalue weighted by atomic mass is 32.2. The van der Waals surface area contributed by atoms with Crippen LogP contribution in [0.1, 0.15) is 82.6 Å². The van der Waals surface area contributed by atoms with Crippen molar-refractivity contribution in [3.05, 3.63) is 72.6 Å². The van der Waals surface area contributed by atoms with Crippen LogP contribution in [0.15, 0.2) is 71.9 Å². The van der Waals surface area contributed by atoms with Crippen molar-refractivity contribution in [1.82, 2.24) is 19.1 Å². The van der Waals surface area contributed by atoms with Crippen molar-refractivity contribution in [3.8, 4) is 0 Å². The van der Waals surface area contributed by atoms with E-state index in [-0.39, 0.29) is 17.4 Å². The minimum Gasteiger partial charge on any atom is -0.343 e. The summed E-state index contributed by atoms with van der Waals surface area (Å²) >= 11 is 0. The van der Waals surface area contributed by atoms with Crippen LogP contribution >= 0.6 is 0 Å². The van der Waals surface area contributed by atoms with Gasteiger partial charge in [0, 0.05) is 49.9 Å². The summed E-state index contributed by atoms with van der Waals surface area (Å²) in [5.74, 6) is 0.213. The summed E-state index contributed by atoms with van der Waals surface area (Å²) in [5.41, 5.74) is 1.48. The molecule has 0 spiro atoms. The minimum absolute atomic E-state index is 0.0585. The minimum atomic E-state index is -3.63. The molecule has 1 aromatic heterocycles. The lowest BCUT2D eigenvalue weighted by molar-refractivity contribution is -0.133. The number of hydrogen-bond acceptors (Lipinski definition) is 5. The molecule has 8 heteroatoms. The molecule has 3 saturated heterocycles. The zero-order valence-corrected chi connectivity index (χ0v) is 26.9. The Morgan fingerprint density at radius 3 is 2.36 bits per heavy atom. The monoisotopic (exact) mass is 616 g/mol. The van der Waals surface area contributed by atoms with E-state index in [0.29, 0.717) is 24.3 Å². The molecule has 1 unspecified atom stereocenters. The summed E-state index contributed by atoms with van der Waals surface area (Å²) in [7, 11) is -3.63. The number of nitrogens with zero attached hydrogens (tertiary/aromatic N) is 4. The second kappa shape index (κ2) is 14.1. The van der Waals surface area contributed by atoms with E-state index in [9.17, 15) is 13.2 Å². The zero-order chi connectivity index (χ0) is 30.4. The summed E-state index contributed by atoms with van der Waals surface area (Å²) in [6.07, 6.45) is 15.5. The smallest absolute Gasteiger partial charge is 0.243 e. The Morgan fingerprint density at radius 1 is 0.841 bits per heavy atom. The molecular weight excluding hydrogens is 568 g/mol. The number of amides is 1. The van der Waals surface area contributed by atoms with E-state index < -0.39 is 10.0 Å². The number of carbonyl (C=O) groups excluding carboxylic acids is 1. The number of fused-ring (bicyclic) bond motifs is 1. The predicted octanol–water partition coefficient (Wildman–Crippen LogP) is 6.38. The number of rotatable bonds is 11. The first-order valence-corrected chi connectivity index (χ1v) is 18.3. The average molecular weight is 617 g/mol. The summed E-state index contributed by atoms with van der Waals surface area (Å²) in [6, 6.07) is 17.5. The molecule has 3 aliphatic rings. The molecule has 0 N–H and O–H groups in total. The lowest BCUT2D eigenvalue weighted by Crippen LogP contribution is -2.46. The molecule has 1 atom stereocenters. The number of likely N-dealkylation sites (tertiary alicyclic amines) is 2. The second-order valence-electron chi connectivity index (χ2n) is 13.2. The predicted molar refractivity (Wildman–Crippen MR) is 176 cm³/mol. The van der Waals surface area contributed by atoms with Gasteiger partial charge in [0.2, 0.25) is 15.9 Å². The van der Waals surface area contributed by atoms with Crippen molar-refractivity contribution in [2.75, 3.05) is 39.3 Å². The molecule has 0 bridgehead atoms. The Bertz CT molecular complexity index is 1490. The SMILES string of the molecule is O=C(CCCC1CCCCN1S(=O)(=O)c1cccc2ccccc12)N1CCC(CCCN2CCCC2)(c2ccncc2)CC1. The molecule has 236 valence electrons. The summed E-state index contributed by atoms with van der Waals surface area (Å²) in [5, 5.41) is 1.72. The number of carbonyl (C=O) groups is 1. The van der Waals surface area contributed by atoms with Gasteiger partial charge in [-0.2, -0.15) is 4.31 Å². The lowest BCUT2D eigenvalue weighted by Gasteiger charge is -2.43. The Balaban J connectivity index is 1.04. The molecule has 7 nitrogen and oxygen atoms in total. The van der Waals surface area contributed by atoms with Crippen molar-refractivity contribution < 1.29 is 13.2 Å². The van der Waals surface area contributed by atoms with Gasteiger partial charge in [0.05, 0.1) is 4.90 Å². The van der Waals surface area contributed by atoms with Gasteiger partial charge < -0.3 is 9.80 Å². The maximum atomic E-state index is 13.9. The van der Waals surface area contributed by atoms with E-state index in [0.717, 1.165) is 68.8 Å². The van der Waals surface area contributed by atoms with E-state index in [2.05, 4.69) is 26.9 Å². The standard InChI is InChI=1S/C36H48N4O3S/c41-35(39-28-20-36(21-29-39,31-17-22-37-23-18-31)19-9-26-38-24-5-6-25-38)16-8-13-32-12-3-4-27-40(32)44(42,43)34-15-7-11-30-10-1-2-14-33(30)34/h1-2,7,10-11,14-15,17-18,22-23,32H,3-6,8-9,12-13,16,19-21,24-29H2. The van der Waals surface area contributed by atoms with E-state index in [4.69, 9.17) is 0 Å². The fourth-order valence-electron chi connectivity index (χ4n) is 7.99.